The van der Waals surface area contributed by atoms with Crippen molar-refractivity contribution in [3.8, 4) is 0 Å². The summed E-state index contributed by atoms with van der Waals surface area (Å²) in [5, 5.41) is 3.44. The molecule has 1 N–H and O–H groups in total. The van der Waals surface area contributed by atoms with Crippen molar-refractivity contribution in [1.29, 1.82) is 0 Å². The van der Waals surface area contributed by atoms with Gasteiger partial charge < -0.3 is 10.2 Å². The zero-order valence-corrected chi connectivity index (χ0v) is 10.6. The molecule has 0 aromatic carbocycles. The fourth-order valence-corrected chi connectivity index (χ4v) is 2.53. The highest BCUT2D eigenvalue weighted by Gasteiger charge is 2.27. The first kappa shape index (κ1) is 12.3. The minimum absolute atomic E-state index is 0.397. The third kappa shape index (κ3) is 3.79. The predicted octanol–water partition coefficient (Wildman–Crippen LogP) is 1.81. The first-order valence-corrected chi connectivity index (χ1v) is 6.84. The lowest BCUT2D eigenvalue weighted by atomic mass is 9.90. The fraction of sp³-hybridized carbons (Fsp3) is 1.00. The average molecular weight is 216 g/mol. The summed E-state index contributed by atoms with van der Waals surface area (Å²) < 4.78 is 0. The van der Waals surface area contributed by atoms with Crippen molar-refractivity contribution >= 4 is 11.8 Å². The summed E-state index contributed by atoms with van der Waals surface area (Å²) in [6.45, 7) is 8.38. The lowest BCUT2D eigenvalue weighted by Crippen LogP contribution is -2.50. The lowest BCUT2D eigenvalue weighted by Gasteiger charge is -2.39. The molecule has 0 radical (unpaired) electrons. The van der Waals surface area contributed by atoms with Crippen molar-refractivity contribution in [2.45, 2.75) is 32.2 Å². The van der Waals surface area contributed by atoms with Gasteiger partial charge in [-0.15, -0.1) is 0 Å². The SMILES string of the molecule is CCSCCN1CCC(C)(NC)CC1. The van der Waals surface area contributed by atoms with E-state index in [4.69, 9.17) is 0 Å². The van der Waals surface area contributed by atoms with Gasteiger partial charge >= 0.3 is 0 Å². The molecule has 1 saturated heterocycles. The number of piperidine rings is 1. The smallest absolute Gasteiger partial charge is 0.0174 e. The minimum atomic E-state index is 0.397. The van der Waals surface area contributed by atoms with Crippen LogP contribution in [0.5, 0.6) is 0 Å². The highest BCUT2D eigenvalue weighted by Crippen LogP contribution is 2.20. The van der Waals surface area contributed by atoms with Gasteiger partial charge in [-0.25, -0.2) is 0 Å². The monoisotopic (exact) mass is 216 g/mol. The first-order valence-electron chi connectivity index (χ1n) is 5.69. The summed E-state index contributed by atoms with van der Waals surface area (Å²) in [5.74, 6) is 2.55. The van der Waals surface area contributed by atoms with Gasteiger partial charge in [-0.2, -0.15) is 11.8 Å². The van der Waals surface area contributed by atoms with Crippen LogP contribution in [0.15, 0.2) is 0 Å². The average Bonchev–Trinajstić information content (AvgIpc) is 2.22. The Morgan fingerprint density at radius 3 is 2.50 bits per heavy atom. The molecular formula is C11H24N2S. The summed E-state index contributed by atoms with van der Waals surface area (Å²) >= 11 is 2.05. The van der Waals surface area contributed by atoms with Crippen molar-refractivity contribution in [3.05, 3.63) is 0 Å². The van der Waals surface area contributed by atoms with Crippen LogP contribution in [-0.2, 0) is 0 Å². The number of nitrogens with one attached hydrogen (secondary N) is 1. The Morgan fingerprint density at radius 1 is 1.36 bits per heavy atom. The molecule has 0 atom stereocenters. The van der Waals surface area contributed by atoms with E-state index in [9.17, 15) is 0 Å². The quantitative estimate of drug-likeness (QED) is 0.706. The number of hydrogen-bond acceptors (Lipinski definition) is 3. The minimum Gasteiger partial charge on any atom is -0.314 e. The third-order valence-electron chi connectivity index (χ3n) is 3.32. The molecule has 0 aliphatic carbocycles. The maximum Gasteiger partial charge on any atom is 0.0174 e. The highest BCUT2D eigenvalue weighted by atomic mass is 32.2. The normalized spacial score (nSPS) is 22.5. The van der Waals surface area contributed by atoms with E-state index in [1.54, 1.807) is 0 Å². The van der Waals surface area contributed by atoms with Crippen LogP contribution in [0.2, 0.25) is 0 Å². The second-order valence-electron chi connectivity index (χ2n) is 4.35. The summed E-state index contributed by atoms with van der Waals surface area (Å²) in [5.41, 5.74) is 0.397. The molecule has 84 valence electrons. The van der Waals surface area contributed by atoms with E-state index in [1.165, 1.54) is 44.0 Å². The number of likely N-dealkylation sites (tertiary alicyclic amines) is 1. The Balaban J connectivity index is 2.15. The lowest BCUT2D eigenvalue weighted by molar-refractivity contribution is 0.159. The predicted molar refractivity (Wildman–Crippen MR) is 66.1 cm³/mol. The molecule has 0 bridgehead atoms. The molecule has 1 aliphatic heterocycles. The Bertz CT molecular complexity index is 153. The van der Waals surface area contributed by atoms with Gasteiger partial charge in [-0.05, 0) is 45.7 Å². The maximum absolute atomic E-state index is 3.44. The van der Waals surface area contributed by atoms with Crippen molar-refractivity contribution in [2.24, 2.45) is 0 Å². The molecule has 14 heavy (non-hydrogen) atoms. The third-order valence-corrected chi connectivity index (χ3v) is 4.20. The van der Waals surface area contributed by atoms with Crippen molar-refractivity contribution < 1.29 is 0 Å². The number of nitrogens with zero attached hydrogens (tertiary/aromatic N) is 1. The summed E-state index contributed by atoms with van der Waals surface area (Å²) in [7, 11) is 2.09. The van der Waals surface area contributed by atoms with Crippen LogP contribution in [0.4, 0.5) is 0 Å². The van der Waals surface area contributed by atoms with Gasteiger partial charge in [0.05, 0.1) is 0 Å². The number of thioether (sulfide) groups is 1. The Morgan fingerprint density at radius 2 is 2.00 bits per heavy atom. The Kier molecular flexibility index (Phi) is 5.28. The summed E-state index contributed by atoms with van der Waals surface area (Å²) in [4.78, 5) is 2.60. The molecule has 0 aromatic rings. The van der Waals surface area contributed by atoms with Crippen molar-refractivity contribution in [3.63, 3.8) is 0 Å². The molecule has 0 saturated carbocycles. The molecule has 1 rings (SSSR count). The summed E-state index contributed by atoms with van der Waals surface area (Å²) in [6, 6.07) is 0. The highest BCUT2D eigenvalue weighted by molar-refractivity contribution is 7.99. The number of rotatable bonds is 5. The molecular weight excluding hydrogens is 192 g/mol. The largest absolute Gasteiger partial charge is 0.314 e. The second-order valence-corrected chi connectivity index (χ2v) is 5.74. The molecule has 1 fully saturated rings. The molecule has 1 aliphatic rings. The van der Waals surface area contributed by atoms with Gasteiger partial charge in [0.25, 0.3) is 0 Å². The standard InChI is InChI=1S/C11H24N2S/c1-4-14-10-9-13-7-5-11(2,12-3)6-8-13/h12H,4-10H2,1-3H3. The van der Waals surface area contributed by atoms with Crippen LogP contribution in [-0.4, -0.2) is 48.6 Å². The molecule has 0 spiro atoms. The van der Waals surface area contributed by atoms with Crippen LogP contribution in [0.3, 0.4) is 0 Å². The molecule has 0 amide bonds. The molecule has 0 unspecified atom stereocenters. The van der Waals surface area contributed by atoms with Crippen LogP contribution < -0.4 is 5.32 Å². The first-order chi connectivity index (χ1) is 6.70. The maximum atomic E-state index is 3.44. The Hall–Kier alpha value is 0.270. The van der Waals surface area contributed by atoms with E-state index in [-0.39, 0.29) is 0 Å². The van der Waals surface area contributed by atoms with E-state index < -0.39 is 0 Å². The van der Waals surface area contributed by atoms with Crippen molar-refractivity contribution in [2.75, 3.05) is 38.2 Å². The second kappa shape index (κ2) is 5.99. The molecule has 2 nitrogen and oxygen atoms in total. The van der Waals surface area contributed by atoms with E-state index in [1.807, 2.05) is 0 Å². The summed E-state index contributed by atoms with van der Waals surface area (Å²) in [6.07, 6.45) is 2.58. The molecule has 3 heteroatoms. The van der Waals surface area contributed by atoms with Crippen LogP contribution in [0.25, 0.3) is 0 Å². The van der Waals surface area contributed by atoms with Crippen LogP contribution in [0.1, 0.15) is 26.7 Å². The van der Waals surface area contributed by atoms with Crippen LogP contribution in [0, 0.1) is 0 Å². The number of hydrogen-bond donors (Lipinski definition) is 1. The van der Waals surface area contributed by atoms with E-state index in [0.29, 0.717) is 5.54 Å². The Labute approximate surface area is 92.8 Å². The van der Waals surface area contributed by atoms with E-state index >= 15 is 0 Å². The zero-order chi connectivity index (χ0) is 10.4. The molecule has 0 aromatic heterocycles. The van der Waals surface area contributed by atoms with Gasteiger partial charge in [-0.3, -0.25) is 0 Å². The van der Waals surface area contributed by atoms with Crippen molar-refractivity contribution in [1.82, 2.24) is 10.2 Å². The van der Waals surface area contributed by atoms with Gasteiger partial charge in [0.1, 0.15) is 0 Å². The van der Waals surface area contributed by atoms with Gasteiger partial charge in [0.2, 0.25) is 0 Å². The van der Waals surface area contributed by atoms with Crippen LogP contribution >= 0.6 is 11.8 Å². The fourth-order valence-electron chi connectivity index (χ4n) is 1.86. The van der Waals surface area contributed by atoms with E-state index in [2.05, 4.69) is 42.9 Å². The molecule has 1 heterocycles. The van der Waals surface area contributed by atoms with Gasteiger partial charge in [0.15, 0.2) is 0 Å². The van der Waals surface area contributed by atoms with Gasteiger partial charge in [0, 0.05) is 17.8 Å². The topological polar surface area (TPSA) is 15.3 Å². The van der Waals surface area contributed by atoms with Gasteiger partial charge in [-0.1, -0.05) is 6.92 Å². The van der Waals surface area contributed by atoms with E-state index in [0.717, 1.165) is 0 Å². The zero-order valence-electron chi connectivity index (χ0n) is 9.81.